The molecule has 0 bridgehead atoms. The van der Waals surface area contributed by atoms with Gasteiger partial charge in [-0.2, -0.15) is 0 Å². The van der Waals surface area contributed by atoms with Crippen molar-refractivity contribution in [1.82, 2.24) is 9.88 Å². The average Bonchev–Trinajstić information content (AvgIpc) is 3.00. The number of nitrogens with one attached hydrogen (secondary N) is 2. The molecule has 1 aliphatic heterocycles. The molecule has 26 heavy (non-hydrogen) atoms. The molecule has 6 nitrogen and oxygen atoms in total. The van der Waals surface area contributed by atoms with Crippen LogP contribution in [0.3, 0.4) is 0 Å². The van der Waals surface area contributed by atoms with Crippen LogP contribution in [0.15, 0.2) is 12.1 Å². The van der Waals surface area contributed by atoms with Gasteiger partial charge in [0.2, 0.25) is 0 Å². The molecular weight excluding hydrogens is 328 g/mol. The SMILES string of the molecule is CNc1nc(C2CCN(C(=O)OC(C)(C)C)C2)ccc1NCC(C)(C)C. The minimum absolute atomic E-state index is 0.197. The summed E-state index contributed by atoms with van der Waals surface area (Å²) >= 11 is 0. The number of carbonyl (C=O) groups is 1. The molecule has 2 N–H and O–H groups in total. The largest absolute Gasteiger partial charge is 0.444 e. The van der Waals surface area contributed by atoms with Gasteiger partial charge in [-0.3, -0.25) is 0 Å². The van der Waals surface area contributed by atoms with Gasteiger partial charge in [-0.15, -0.1) is 0 Å². The van der Waals surface area contributed by atoms with Crippen molar-refractivity contribution in [2.24, 2.45) is 5.41 Å². The van der Waals surface area contributed by atoms with Gasteiger partial charge in [0.25, 0.3) is 0 Å². The molecule has 1 aromatic rings. The molecule has 1 saturated heterocycles. The summed E-state index contributed by atoms with van der Waals surface area (Å²) in [4.78, 5) is 18.8. The van der Waals surface area contributed by atoms with Gasteiger partial charge in [0.1, 0.15) is 11.4 Å². The Morgan fingerprint density at radius 3 is 2.54 bits per heavy atom. The van der Waals surface area contributed by atoms with Crippen LogP contribution in [0.25, 0.3) is 0 Å². The van der Waals surface area contributed by atoms with Crippen molar-refractivity contribution >= 4 is 17.6 Å². The number of pyridine rings is 1. The maximum absolute atomic E-state index is 12.3. The van der Waals surface area contributed by atoms with E-state index < -0.39 is 5.60 Å². The first-order valence-corrected chi connectivity index (χ1v) is 9.39. The summed E-state index contributed by atoms with van der Waals surface area (Å²) in [5, 5.41) is 6.65. The van der Waals surface area contributed by atoms with Gasteiger partial charge in [-0.1, -0.05) is 20.8 Å². The number of ether oxygens (including phenoxy) is 1. The Morgan fingerprint density at radius 1 is 1.27 bits per heavy atom. The fraction of sp³-hybridized carbons (Fsp3) is 0.700. The summed E-state index contributed by atoms with van der Waals surface area (Å²) in [6.45, 7) is 14.5. The van der Waals surface area contributed by atoms with E-state index >= 15 is 0 Å². The minimum Gasteiger partial charge on any atom is -0.444 e. The molecule has 1 fully saturated rings. The quantitative estimate of drug-likeness (QED) is 0.836. The zero-order valence-electron chi connectivity index (χ0n) is 17.3. The second-order valence-corrected chi connectivity index (χ2v) is 9.21. The van der Waals surface area contributed by atoms with E-state index in [0.29, 0.717) is 13.1 Å². The number of anilines is 2. The zero-order valence-corrected chi connectivity index (χ0v) is 17.3. The van der Waals surface area contributed by atoms with Gasteiger partial charge in [0, 0.05) is 38.3 Å². The Morgan fingerprint density at radius 2 is 1.96 bits per heavy atom. The van der Waals surface area contributed by atoms with Gasteiger partial charge in [0.05, 0.1) is 5.69 Å². The lowest BCUT2D eigenvalue weighted by Crippen LogP contribution is -2.35. The van der Waals surface area contributed by atoms with Crippen molar-refractivity contribution in [2.45, 2.75) is 59.5 Å². The van der Waals surface area contributed by atoms with Crippen LogP contribution >= 0.6 is 0 Å². The predicted molar refractivity (Wildman–Crippen MR) is 107 cm³/mol. The number of nitrogens with zero attached hydrogens (tertiary/aromatic N) is 2. The lowest BCUT2D eigenvalue weighted by molar-refractivity contribution is 0.0292. The molecule has 2 rings (SSSR count). The fourth-order valence-electron chi connectivity index (χ4n) is 2.89. The van der Waals surface area contributed by atoms with Gasteiger partial charge >= 0.3 is 6.09 Å². The van der Waals surface area contributed by atoms with E-state index in [2.05, 4.69) is 43.5 Å². The second-order valence-electron chi connectivity index (χ2n) is 9.21. The molecule has 1 amide bonds. The van der Waals surface area contributed by atoms with Crippen molar-refractivity contribution in [2.75, 3.05) is 37.3 Å². The number of rotatable bonds is 4. The van der Waals surface area contributed by atoms with E-state index in [1.807, 2.05) is 27.8 Å². The Bertz CT molecular complexity index is 632. The second kappa shape index (κ2) is 7.72. The highest BCUT2D eigenvalue weighted by molar-refractivity contribution is 5.69. The van der Waals surface area contributed by atoms with Crippen LogP contribution in [-0.2, 0) is 4.74 Å². The molecule has 1 aromatic heterocycles. The molecule has 1 unspecified atom stereocenters. The summed E-state index contributed by atoms with van der Waals surface area (Å²) in [6.07, 6.45) is 0.668. The molecule has 2 heterocycles. The van der Waals surface area contributed by atoms with Gasteiger partial charge in [-0.05, 0) is 44.7 Å². The highest BCUT2D eigenvalue weighted by Gasteiger charge is 2.31. The van der Waals surface area contributed by atoms with Crippen molar-refractivity contribution < 1.29 is 9.53 Å². The third kappa shape index (κ3) is 5.78. The zero-order chi connectivity index (χ0) is 19.5. The Balaban J connectivity index is 2.04. The number of likely N-dealkylation sites (tertiary alicyclic amines) is 1. The molecule has 0 saturated carbocycles. The Labute approximate surface area is 157 Å². The molecule has 0 aromatic carbocycles. The van der Waals surface area contributed by atoms with Gasteiger partial charge < -0.3 is 20.3 Å². The van der Waals surface area contributed by atoms with Crippen molar-refractivity contribution in [3.8, 4) is 0 Å². The minimum atomic E-state index is -0.465. The summed E-state index contributed by atoms with van der Waals surface area (Å²) in [6, 6.07) is 4.14. The van der Waals surface area contributed by atoms with E-state index in [1.165, 1.54) is 0 Å². The maximum atomic E-state index is 12.3. The molecule has 146 valence electrons. The van der Waals surface area contributed by atoms with Crippen LogP contribution in [0.4, 0.5) is 16.3 Å². The molecule has 0 aliphatic carbocycles. The summed E-state index contributed by atoms with van der Waals surface area (Å²) < 4.78 is 5.48. The number of hydrogen-bond acceptors (Lipinski definition) is 5. The fourth-order valence-corrected chi connectivity index (χ4v) is 2.89. The van der Waals surface area contributed by atoms with Crippen LogP contribution in [-0.4, -0.2) is 48.3 Å². The third-order valence-electron chi connectivity index (χ3n) is 4.22. The molecular formula is C20H34N4O2. The van der Waals surface area contributed by atoms with Crippen LogP contribution in [0.1, 0.15) is 59.6 Å². The first-order chi connectivity index (χ1) is 12.0. The summed E-state index contributed by atoms with van der Waals surface area (Å²) in [5.74, 6) is 1.09. The molecule has 1 atom stereocenters. The van der Waals surface area contributed by atoms with E-state index in [-0.39, 0.29) is 17.4 Å². The number of carbonyl (C=O) groups excluding carboxylic acids is 1. The summed E-state index contributed by atoms with van der Waals surface area (Å²) in [7, 11) is 1.88. The van der Waals surface area contributed by atoms with Crippen molar-refractivity contribution in [1.29, 1.82) is 0 Å². The van der Waals surface area contributed by atoms with Gasteiger partial charge in [0.15, 0.2) is 0 Å². The van der Waals surface area contributed by atoms with Crippen LogP contribution in [0.5, 0.6) is 0 Å². The number of amides is 1. The standard InChI is InChI=1S/C20H34N4O2/c1-19(2,3)13-22-16-9-8-15(23-17(16)21-7)14-10-11-24(12-14)18(25)26-20(4,5)6/h8-9,14,22H,10-13H2,1-7H3,(H,21,23). The normalized spacial score (nSPS) is 18.0. The van der Waals surface area contributed by atoms with Gasteiger partial charge in [-0.25, -0.2) is 9.78 Å². The summed E-state index contributed by atoms with van der Waals surface area (Å²) in [5.41, 5.74) is 1.76. The lowest BCUT2D eigenvalue weighted by Gasteiger charge is -2.24. The predicted octanol–water partition coefficient (Wildman–Crippen LogP) is 4.31. The molecule has 0 spiro atoms. The lowest BCUT2D eigenvalue weighted by atomic mass is 9.97. The smallest absolute Gasteiger partial charge is 0.410 e. The third-order valence-corrected chi connectivity index (χ3v) is 4.22. The monoisotopic (exact) mass is 362 g/mol. The number of aromatic nitrogens is 1. The molecule has 1 aliphatic rings. The van der Waals surface area contributed by atoms with Crippen LogP contribution in [0, 0.1) is 5.41 Å². The van der Waals surface area contributed by atoms with E-state index in [4.69, 9.17) is 9.72 Å². The van der Waals surface area contributed by atoms with E-state index in [1.54, 1.807) is 4.90 Å². The number of hydrogen-bond donors (Lipinski definition) is 2. The highest BCUT2D eigenvalue weighted by atomic mass is 16.6. The molecule has 6 heteroatoms. The van der Waals surface area contributed by atoms with E-state index in [0.717, 1.165) is 30.2 Å². The van der Waals surface area contributed by atoms with E-state index in [9.17, 15) is 4.79 Å². The highest BCUT2D eigenvalue weighted by Crippen LogP contribution is 2.30. The van der Waals surface area contributed by atoms with Crippen LogP contribution in [0.2, 0.25) is 0 Å². The first-order valence-electron chi connectivity index (χ1n) is 9.39. The average molecular weight is 363 g/mol. The Kier molecular flexibility index (Phi) is 6.04. The topological polar surface area (TPSA) is 66.5 Å². The maximum Gasteiger partial charge on any atom is 0.410 e. The molecule has 0 radical (unpaired) electrons. The first kappa shape index (κ1) is 20.3. The Hall–Kier alpha value is -1.98. The van der Waals surface area contributed by atoms with Crippen molar-refractivity contribution in [3.05, 3.63) is 17.8 Å². The van der Waals surface area contributed by atoms with Crippen molar-refractivity contribution in [3.63, 3.8) is 0 Å². The van der Waals surface area contributed by atoms with Crippen LogP contribution < -0.4 is 10.6 Å².